The van der Waals surface area contributed by atoms with Crippen molar-refractivity contribution in [3.63, 3.8) is 0 Å². The zero-order valence-corrected chi connectivity index (χ0v) is 14.6. The van der Waals surface area contributed by atoms with E-state index >= 15 is 0 Å². The van der Waals surface area contributed by atoms with Crippen molar-refractivity contribution in [1.82, 2.24) is 0 Å². The summed E-state index contributed by atoms with van der Waals surface area (Å²) < 4.78 is 29.8. The maximum absolute atomic E-state index is 12.8. The smallest absolute Gasteiger partial charge is 0.199 e. The van der Waals surface area contributed by atoms with E-state index in [1.165, 1.54) is 0 Å². The minimum Gasteiger partial charge on any atom is -0.199 e. The van der Waals surface area contributed by atoms with Gasteiger partial charge in [0.05, 0.1) is 4.90 Å². The summed E-state index contributed by atoms with van der Waals surface area (Å²) in [5.74, 6) is 0. The maximum atomic E-state index is 12.8. The van der Waals surface area contributed by atoms with E-state index in [1.54, 1.807) is 24.3 Å². The highest BCUT2D eigenvalue weighted by molar-refractivity contribution is 8.00. The number of sulfonamides is 1. The molecule has 3 aromatic rings. The molecule has 1 aliphatic rings. The van der Waals surface area contributed by atoms with Crippen molar-refractivity contribution in [2.45, 2.75) is 21.6 Å². The van der Waals surface area contributed by atoms with Crippen LogP contribution in [0.1, 0.15) is 5.56 Å². The molecule has 1 aliphatic heterocycles. The lowest BCUT2D eigenvalue weighted by molar-refractivity contribution is 0.598. The molecular formula is C19H15NO2S2. The van der Waals surface area contributed by atoms with Gasteiger partial charge in [-0.15, -0.1) is 3.77 Å². The second-order valence-corrected chi connectivity index (χ2v) is 9.11. The monoisotopic (exact) mass is 353 g/mol. The maximum Gasteiger partial charge on any atom is 0.288 e. The molecule has 0 saturated carbocycles. The number of benzene rings is 3. The molecule has 0 radical (unpaired) electrons. The summed E-state index contributed by atoms with van der Waals surface area (Å²) in [4.78, 5) is 2.17. The van der Waals surface area contributed by atoms with Gasteiger partial charge in [-0.1, -0.05) is 54.1 Å². The molecule has 24 heavy (non-hydrogen) atoms. The third-order valence-corrected chi connectivity index (χ3v) is 7.77. The molecule has 0 N–H and O–H groups in total. The molecule has 0 aromatic heterocycles. The minimum absolute atomic E-state index is 0.238. The van der Waals surface area contributed by atoms with Crippen LogP contribution in [0, 0.1) is 6.92 Å². The fourth-order valence-corrected chi connectivity index (χ4v) is 6.44. The number of aryl methyl sites for hydroxylation is 1. The van der Waals surface area contributed by atoms with Gasteiger partial charge in [-0.2, -0.15) is 8.42 Å². The standard InChI is InChI=1S/C19H15NO2S2/c1-14-10-12-15(13-11-14)24(21,22)20-23-18-8-4-2-6-16(18)17-7-3-5-9-19(17)23/h2-13H,1H3. The lowest BCUT2D eigenvalue weighted by Gasteiger charge is -2.05. The van der Waals surface area contributed by atoms with Gasteiger partial charge in [0.1, 0.15) is 0 Å². The Bertz CT molecular complexity index is 1020. The zero-order chi connectivity index (χ0) is 16.7. The molecular weight excluding hydrogens is 338 g/mol. The van der Waals surface area contributed by atoms with Crippen LogP contribution in [0.25, 0.3) is 11.1 Å². The van der Waals surface area contributed by atoms with Gasteiger partial charge in [0.15, 0.2) is 0 Å². The van der Waals surface area contributed by atoms with Gasteiger partial charge >= 0.3 is 0 Å². The first-order valence-electron chi connectivity index (χ1n) is 7.54. The predicted octanol–water partition coefficient (Wildman–Crippen LogP) is 4.58. The predicted molar refractivity (Wildman–Crippen MR) is 96.6 cm³/mol. The van der Waals surface area contributed by atoms with Gasteiger partial charge in [-0.05, 0) is 53.0 Å². The Morgan fingerprint density at radius 2 is 1.25 bits per heavy atom. The van der Waals surface area contributed by atoms with Crippen LogP contribution in [0.15, 0.2) is 91.3 Å². The fourth-order valence-electron chi connectivity index (χ4n) is 2.77. The van der Waals surface area contributed by atoms with Crippen LogP contribution in [-0.2, 0) is 20.7 Å². The number of fused-ring (bicyclic) bond motifs is 3. The Morgan fingerprint density at radius 1 is 0.750 bits per heavy atom. The first-order chi connectivity index (χ1) is 11.6. The van der Waals surface area contributed by atoms with E-state index in [2.05, 4.69) is 3.77 Å². The average Bonchev–Trinajstić information content (AvgIpc) is 2.90. The Balaban J connectivity index is 1.93. The zero-order valence-electron chi connectivity index (χ0n) is 13.0. The van der Waals surface area contributed by atoms with Gasteiger partial charge < -0.3 is 0 Å². The molecule has 0 spiro atoms. The first kappa shape index (κ1) is 15.3. The van der Waals surface area contributed by atoms with Crippen LogP contribution in [0.5, 0.6) is 0 Å². The highest BCUT2D eigenvalue weighted by Crippen LogP contribution is 2.42. The summed E-state index contributed by atoms with van der Waals surface area (Å²) in [6, 6.07) is 22.6. The molecule has 1 heterocycles. The summed E-state index contributed by atoms with van der Waals surface area (Å²) in [6.45, 7) is 1.93. The molecule has 0 fully saturated rings. The van der Waals surface area contributed by atoms with Crippen molar-refractivity contribution < 1.29 is 8.42 Å². The van der Waals surface area contributed by atoms with Gasteiger partial charge in [0, 0.05) is 9.79 Å². The van der Waals surface area contributed by atoms with Crippen molar-refractivity contribution in [3.8, 4) is 11.1 Å². The summed E-state index contributed by atoms with van der Waals surface area (Å²) >= 11 is 0. The van der Waals surface area contributed by atoms with Crippen LogP contribution >= 0.6 is 0 Å². The highest BCUT2D eigenvalue weighted by atomic mass is 32.3. The minimum atomic E-state index is -3.71. The number of hydrogen-bond donors (Lipinski definition) is 0. The van der Waals surface area contributed by atoms with Crippen LogP contribution in [0.2, 0.25) is 0 Å². The number of rotatable bonds is 2. The average molecular weight is 353 g/mol. The summed E-state index contributed by atoms with van der Waals surface area (Å²) in [6.07, 6.45) is 0. The topological polar surface area (TPSA) is 46.5 Å². The third kappa shape index (κ3) is 2.50. The number of nitrogens with zero attached hydrogens (tertiary/aromatic N) is 1. The number of hydrogen-bond acceptors (Lipinski definition) is 2. The molecule has 0 bridgehead atoms. The molecule has 3 aromatic carbocycles. The van der Waals surface area contributed by atoms with Crippen molar-refractivity contribution >= 4 is 20.7 Å². The van der Waals surface area contributed by atoms with Gasteiger partial charge in [0.2, 0.25) is 0 Å². The summed E-state index contributed by atoms with van der Waals surface area (Å²) in [5.41, 5.74) is 3.16. The van der Waals surface area contributed by atoms with Gasteiger partial charge in [0.25, 0.3) is 10.0 Å². The van der Waals surface area contributed by atoms with E-state index < -0.39 is 20.7 Å². The molecule has 0 atom stereocenters. The Hall–Kier alpha value is -2.24. The molecule has 120 valence electrons. The molecule has 5 heteroatoms. The van der Waals surface area contributed by atoms with E-state index in [1.807, 2.05) is 55.5 Å². The molecule has 4 rings (SSSR count). The lowest BCUT2D eigenvalue weighted by Crippen LogP contribution is -2.00. The molecule has 0 aliphatic carbocycles. The van der Waals surface area contributed by atoms with Crippen molar-refractivity contribution in [3.05, 3.63) is 78.4 Å². The van der Waals surface area contributed by atoms with Crippen molar-refractivity contribution in [1.29, 1.82) is 0 Å². The van der Waals surface area contributed by atoms with Gasteiger partial charge in [-0.3, -0.25) is 0 Å². The molecule has 3 nitrogen and oxygen atoms in total. The quantitative estimate of drug-likeness (QED) is 0.529. The van der Waals surface area contributed by atoms with E-state index in [-0.39, 0.29) is 4.90 Å². The largest absolute Gasteiger partial charge is 0.288 e. The van der Waals surface area contributed by atoms with Crippen molar-refractivity contribution in [2.75, 3.05) is 0 Å². The van der Waals surface area contributed by atoms with Crippen LogP contribution < -0.4 is 0 Å². The summed E-state index contributed by atoms with van der Waals surface area (Å²) in [5, 5.41) is 0. The molecule has 0 amide bonds. The van der Waals surface area contributed by atoms with E-state index in [4.69, 9.17) is 0 Å². The van der Waals surface area contributed by atoms with Crippen LogP contribution in [0.4, 0.5) is 0 Å². The van der Waals surface area contributed by atoms with Crippen LogP contribution in [0.3, 0.4) is 0 Å². The van der Waals surface area contributed by atoms with E-state index in [0.29, 0.717) is 0 Å². The SMILES string of the molecule is Cc1ccc(S(=O)(=O)N=S2c3ccccc3-c3ccccc32)cc1. The first-order valence-corrected chi connectivity index (χ1v) is 10.2. The normalized spacial score (nSPS) is 13.4. The molecule has 0 unspecified atom stereocenters. The fraction of sp³-hybridized carbons (Fsp3) is 0.0526. The Kier molecular flexibility index (Phi) is 3.62. The summed E-state index contributed by atoms with van der Waals surface area (Å²) in [7, 11) is -4.52. The van der Waals surface area contributed by atoms with E-state index in [0.717, 1.165) is 26.5 Å². The van der Waals surface area contributed by atoms with Gasteiger partial charge in [-0.25, -0.2) is 0 Å². The third-order valence-electron chi connectivity index (χ3n) is 3.97. The van der Waals surface area contributed by atoms with E-state index in [9.17, 15) is 8.42 Å². The molecule has 0 saturated heterocycles. The Labute approximate surface area is 144 Å². The van der Waals surface area contributed by atoms with Crippen molar-refractivity contribution in [2.24, 2.45) is 3.77 Å². The Morgan fingerprint density at radius 3 is 1.79 bits per heavy atom. The second-order valence-electron chi connectivity index (χ2n) is 5.64. The van der Waals surface area contributed by atoms with Crippen LogP contribution in [-0.4, -0.2) is 8.42 Å². The lowest BCUT2D eigenvalue weighted by atomic mass is 10.1. The second kappa shape index (κ2) is 5.69. The highest BCUT2D eigenvalue weighted by Gasteiger charge is 2.25.